The highest BCUT2D eigenvalue weighted by Gasteiger charge is 2.38. The Labute approximate surface area is 161 Å². The maximum atomic E-state index is 13.0. The minimum atomic E-state index is -3.80. The van der Waals surface area contributed by atoms with Crippen LogP contribution in [-0.2, 0) is 24.3 Å². The van der Waals surface area contributed by atoms with Crippen molar-refractivity contribution < 1.29 is 22.7 Å². The van der Waals surface area contributed by atoms with E-state index < -0.39 is 28.6 Å². The molecule has 27 heavy (non-hydrogen) atoms. The van der Waals surface area contributed by atoms with Crippen LogP contribution in [0, 0.1) is 12.8 Å². The molecule has 0 unspecified atom stereocenters. The summed E-state index contributed by atoms with van der Waals surface area (Å²) in [6, 6.07) is 5.64. The Morgan fingerprint density at radius 2 is 1.89 bits per heavy atom. The fourth-order valence-corrected chi connectivity index (χ4v) is 4.52. The van der Waals surface area contributed by atoms with Crippen LogP contribution < -0.4 is 5.32 Å². The molecule has 0 aromatic heterocycles. The first-order valence-electron chi connectivity index (χ1n) is 9.23. The molecule has 8 heteroatoms. The van der Waals surface area contributed by atoms with Crippen LogP contribution in [0.3, 0.4) is 0 Å². The summed E-state index contributed by atoms with van der Waals surface area (Å²) in [6.45, 7) is 6.15. The van der Waals surface area contributed by atoms with Crippen molar-refractivity contribution >= 4 is 21.9 Å². The summed E-state index contributed by atoms with van der Waals surface area (Å²) in [6.07, 6.45) is 1.81. The van der Waals surface area contributed by atoms with Gasteiger partial charge in [0, 0.05) is 13.1 Å². The summed E-state index contributed by atoms with van der Waals surface area (Å²) < 4.78 is 32.2. The van der Waals surface area contributed by atoms with Crippen LogP contribution in [0.25, 0.3) is 0 Å². The van der Waals surface area contributed by atoms with Gasteiger partial charge in [0.15, 0.2) is 6.61 Å². The maximum absolute atomic E-state index is 13.0. The number of nitrogens with zero attached hydrogens (tertiary/aromatic N) is 1. The number of carbonyl (C=O) groups is 2. The van der Waals surface area contributed by atoms with E-state index in [9.17, 15) is 18.0 Å². The SMILES string of the molecule is Cc1ccc(S(=O)(=O)N2CCCC[C@H]2C(=O)OCC(=O)NCC(C)C)cc1. The molecule has 1 saturated heterocycles. The second-order valence-corrected chi connectivity index (χ2v) is 9.14. The lowest BCUT2D eigenvalue weighted by Gasteiger charge is -2.33. The number of carbonyl (C=O) groups excluding carboxylic acids is 2. The van der Waals surface area contributed by atoms with Gasteiger partial charge in [-0.1, -0.05) is 31.5 Å². The molecule has 1 aliphatic rings. The number of benzene rings is 1. The van der Waals surface area contributed by atoms with Crippen molar-refractivity contribution in [3.63, 3.8) is 0 Å². The number of ether oxygens (including phenoxy) is 1. The molecule has 1 atom stereocenters. The first-order valence-corrected chi connectivity index (χ1v) is 10.7. The number of nitrogens with one attached hydrogen (secondary N) is 1. The predicted octanol–water partition coefficient (Wildman–Crippen LogP) is 1.85. The molecule has 0 spiro atoms. The van der Waals surface area contributed by atoms with Crippen LogP contribution in [-0.4, -0.2) is 50.3 Å². The molecular weight excluding hydrogens is 368 g/mol. The second kappa shape index (κ2) is 9.32. The minimum Gasteiger partial charge on any atom is -0.454 e. The zero-order valence-corrected chi connectivity index (χ0v) is 16.9. The van der Waals surface area contributed by atoms with Crippen molar-refractivity contribution in [3.05, 3.63) is 29.8 Å². The summed E-state index contributed by atoms with van der Waals surface area (Å²) in [4.78, 5) is 24.4. The Balaban J connectivity index is 2.06. The van der Waals surface area contributed by atoms with Gasteiger partial charge in [-0.15, -0.1) is 0 Å². The first-order chi connectivity index (χ1) is 12.7. The van der Waals surface area contributed by atoms with Crippen LogP contribution in [0.5, 0.6) is 0 Å². The fourth-order valence-electron chi connectivity index (χ4n) is 2.88. The Bertz CT molecular complexity index is 759. The maximum Gasteiger partial charge on any atom is 0.324 e. The van der Waals surface area contributed by atoms with Crippen molar-refractivity contribution in [3.8, 4) is 0 Å². The number of hydrogen-bond donors (Lipinski definition) is 1. The number of aryl methyl sites for hydroxylation is 1. The summed E-state index contributed by atoms with van der Waals surface area (Å²) in [5.74, 6) is -0.774. The van der Waals surface area contributed by atoms with Gasteiger partial charge in [0.1, 0.15) is 6.04 Å². The molecule has 1 heterocycles. The van der Waals surface area contributed by atoms with E-state index in [0.717, 1.165) is 12.0 Å². The molecule has 0 radical (unpaired) electrons. The van der Waals surface area contributed by atoms with E-state index in [2.05, 4.69) is 5.32 Å². The van der Waals surface area contributed by atoms with E-state index in [-0.39, 0.29) is 23.3 Å². The van der Waals surface area contributed by atoms with Crippen LogP contribution in [0.4, 0.5) is 0 Å². The van der Waals surface area contributed by atoms with Gasteiger partial charge in [0.2, 0.25) is 10.0 Å². The molecule has 1 aliphatic heterocycles. The van der Waals surface area contributed by atoms with Gasteiger partial charge in [0.25, 0.3) is 5.91 Å². The van der Waals surface area contributed by atoms with Gasteiger partial charge in [-0.25, -0.2) is 8.42 Å². The lowest BCUT2D eigenvalue weighted by Crippen LogP contribution is -2.49. The molecular formula is C19H28N2O5S. The highest BCUT2D eigenvalue weighted by Crippen LogP contribution is 2.26. The van der Waals surface area contributed by atoms with Crippen LogP contribution >= 0.6 is 0 Å². The normalized spacial score (nSPS) is 18.3. The molecule has 0 aliphatic carbocycles. The van der Waals surface area contributed by atoms with Gasteiger partial charge in [-0.3, -0.25) is 9.59 Å². The number of amides is 1. The Morgan fingerprint density at radius 1 is 1.22 bits per heavy atom. The molecule has 150 valence electrons. The van der Waals surface area contributed by atoms with E-state index in [1.54, 1.807) is 24.3 Å². The highest BCUT2D eigenvalue weighted by atomic mass is 32.2. The topological polar surface area (TPSA) is 92.8 Å². The summed E-state index contributed by atoms with van der Waals surface area (Å²) in [7, 11) is -3.80. The number of rotatable bonds is 7. The van der Waals surface area contributed by atoms with Crippen LogP contribution in [0.1, 0.15) is 38.7 Å². The molecule has 1 aromatic carbocycles. The molecule has 2 rings (SSSR count). The Kier molecular flexibility index (Phi) is 7.38. The number of esters is 1. The Hall–Kier alpha value is -1.93. The smallest absolute Gasteiger partial charge is 0.324 e. The lowest BCUT2D eigenvalue weighted by atomic mass is 10.1. The van der Waals surface area contributed by atoms with E-state index in [1.165, 1.54) is 4.31 Å². The van der Waals surface area contributed by atoms with E-state index in [4.69, 9.17) is 4.74 Å². The van der Waals surface area contributed by atoms with Crippen molar-refractivity contribution in [2.75, 3.05) is 19.7 Å². The predicted molar refractivity (Wildman–Crippen MR) is 102 cm³/mol. The van der Waals surface area contributed by atoms with Gasteiger partial charge in [-0.2, -0.15) is 4.31 Å². The second-order valence-electron chi connectivity index (χ2n) is 7.25. The minimum absolute atomic E-state index is 0.155. The Morgan fingerprint density at radius 3 is 2.52 bits per heavy atom. The summed E-state index contributed by atoms with van der Waals surface area (Å²) in [5.41, 5.74) is 0.955. The third-order valence-electron chi connectivity index (χ3n) is 4.41. The fraction of sp³-hybridized carbons (Fsp3) is 0.579. The van der Waals surface area contributed by atoms with E-state index >= 15 is 0 Å². The highest BCUT2D eigenvalue weighted by molar-refractivity contribution is 7.89. The number of piperidine rings is 1. The molecule has 7 nitrogen and oxygen atoms in total. The average molecular weight is 397 g/mol. The van der Waals surface area contributed by atoms with Crippen molar-refractivity contribution in [2.45, 2.75) is 51.0 Å². The molecule has 1 N–H and O–H groups in total. The third-order valence-corrected chi connectivity index (χ3v) is 6.33. The van der Waals surface area contributed by atoms with Crippen LogP contribution in [0.2, 0.25) is 0 Å². The summed E-state index contributed by atoms with van der Waals surface area (Å²) >= 11 is 0. The molecule has 1 aromatic rings. The third kappa shape index (κ3) is 5.77. The number of sulfonamides is 1. The number of hydrogen-bond acceptors (Lipinski definition) is 5. The lowest BCUT2D eigenvalue weighted by molar-refractivity contribution is -0.153. The first kappa shape index (κ1) is 21.4. The van der Waals surface area contributed by atoms with Crippen LogP contribution in [0.15, 0.2) is 29.2 Å². The van der Waals surface area contributed by atoms with Gasteiger partial charge in [-0.05, 0) is 44.2 Å². The molecule has 1 amide bonds. The standard InChI is InChI=1S/C19H28N2O5S/c1-14(2)12-20-18(22)13-26-19(23)17-6-4-5-11-21(17)27(24,25)16-9-7-15(3)8-10-16/h7-10,14,17H,4-6,11-13H2,1-3H3,(H,20,22)/t17-/m0/s1. The van der Waals surface area contributed by atoms with Gasteiger partial charge < -0.3 is 10.1 Å². The van der Waals surface area contributed by atoms with Crippen molar-refractivity contribution in [1.82, 2.24) is 9.62 Å². The van der Waals surface area contributed by atoms with Gasteiger partial charge >= 0.3 is 5.97 Å². The van der Waals surface area contributed by atoms with E-state index in [1.807, 2.05) is 20.8 Å². The van der Waals surface area contributed by atoms with E-state index in [0.29, 0.717) is 19.4 Å². The zero-order chi connectivity index (χ0) is 20.0. The van der Waals surface area contributed by atoms with Crippen molar-refractivity contribution in [2.24, 2.45) is 5.92 Å². The average Bonchev–Trinajstić information content (AvgIpc) is 2.64. The summed E-state index contributed by atoms with van der Waals surface area (Å²) in [5, 5.41) is 2.66. The molecule has 1 fully saturated rings. The van der Waals surface area contributed by atoms with Gasteiger partial charge in [0.05, 0.1) is 4.90 Å². The largest absolute Gasteiger partial charge is 0.454 e. The quantitative estimate of drug-likeness (QED) is 0.710. The van der Waals surface area contributed by atoms with Crippen molar-refractivity contribution in [1.29, 1.82) is 0 Å². The zero-order valence-electron chi connectivity index (χ0n) is 16.1. The molecule has 0 saturated carbocycles. The monoisotopic (exact) mass is 396 g/mol. The molecule has 0 bridgehead atoms.